The Morgan fingerprint density at radius 1 is 1.21 bits per heavy atom. The minimum atomic E-state index is -0.529. The Bertz CT molecular complexity index is 1170. The van der Waals surface area contributed by atoms with Gasteiger partial charge >= 0.3 is 0 Å². The average Bonchev–Trinajstić information content (AvgIpc) is 3.20. The van der Waals surface area contributed by atoms with E-state index in [0.29, 0.717) is 27.6 Å². The van der Waals surface area contributed by atoms with Gasteiger partial charge in [-0.3, -0.25) is 9.59 Å². The Hall–Kier alpha value is -2.98. The van der Waals surface area contributed by atoms with Gasteiger partial charge in [-0.2, -0.15) is 0 Å². The van der Waals surface area contributed by atoms with Crippen molar-refractivity contribution in [1.29, 1.82) is 0 Å². The molecule has 0 spiro atoms. The van der Waals surface area contributed by atoms with Gasteiger partial charge < -0.3 is 15.2 Å². The summed E-state index contributed by atoms with van der Waals surface area (Å²) in [5.41, 5.74) is 0.653. The predicted molar refractivity (Wildman–Crippen MR) is 135 cm³/mol. The number of hydrogen-bond acceptors (Lipinski definition) is 5. The zero-order chi connectivity index (χ0) is 24.7. The molecule has 0 saturated heterocycles. The average molecular weight is 546 g/mol. The molecule has 1 heterocycles. The molecule has 2 N–H and O–H groups in total. The number of amides is 2. The maximum Gasteiger partial charge on any atom is 0.251 e. The van der Waals surface area contributed by atoms with Crippen LogP contribution in [0.25, 0.3) is 0 Å². The molecule has 34 heavy (non-hydrogen) atoms. The molecule has 2 amide bonds. The van der Waals surface area contributed by atoms with Crippen LogP contribution in [-0.2, 0) is 11.3 Å². The highest BCUT2D eigenvalue weighted by molar-refractivity contribution is 9.10. The minimum absolute atomic E-state index is 0.00744. The summed E-state index contributed by atoms with van der Waals surface area (Å²) in [7, 11) is 0. The smallest absolute Gasteiger partial charge is 0.251 e. The molecule has 3 rings (SSSR count). The van der Waals surface area contributed by atoms with Crippen molar-refractivity contribution >= 4 is 45.2 Å². The summed E-state index contributed by atoms with van der Waals surface area (Å²) >= 11 is 4.36. The first kappa shape index (κ1) is 25.6. The van der Waals surface area contributed by atoms with Crippen LogP contribution in [0, 0.1) is 11.7 Å². The number of thioether (sulfide) groups is 1. The first-order valence-electron chi connectivity index (χ1n) is 10.6. The number of halogens is 2. The van der Waals surface area contributed by atoms with Crippen molar-refractivity contribution in [3.63, 3.8) is 0 Å². The fraction of sp³-hybridized carbons (Fsp3) is 0.250. The van der Waals surface area contributed by atoms with Crippen molar-refractivity contribution in [1.82, 2.24) is 20.1 Å². The number of nitrogens with zero attached hydrogens (tertiary/aromatic N) is 3. The molecule has 10 heteroatoms. The van der Waals surface area contributed by atoms with Crippen LogP contribution in [0.1, 0.15) is 36.1 Å². The third-order valence-electron chi connectivity index (χ3n) is 4.86. The zero-order valence-electron chi connectivity index (χ0n) is 18.8. The molecular formula is C24H25BrFN5O2S. The van der Waals surface area contributed by atoms with Crippen LogP contribution in [0.15, 0.2) is 70.8 Å². The summed E-state index contributed by atoms with van der Waals surface area (Å²) in [6.45, 7) is 8.17. The summed E-state index contributed by atoms with van der Waals surface area (Å²) in [6.07, 6.45) is 1.70. The highest BCUT2D eigenvalue weighted by atomic mass is 79.9. The summed E-state index contributed by atoms with van der Waals surface area (Å²) in [5, 5.41) is 14.7. The van der Waals surface area contributed by atoms with Gasteiger partial charge in [0.2, 0.25) is 5.91 Å². The van der Waals surface area contributed by atoms with Crippen LogP contribution < -0.4 is 10.6 Å². The Morgan fingerprint density at radius 3 is 2.59 bits per heavy atom. The molecule has 0 radical (unpaired) electrons. The number of aromatic nitrogens is 3. The first-order valence-corrected chi connectivity index (χ1v) is 12.4. The fourth-order valence-corrected chi connectivity index (χ4v) is 4.28. The maximum absolute atomic E-state index is 14.0. The van der Waals surface area contributed by atoms with E-state index in [9.17, 15) is 14.0 Å². The van der Waals surface area contributed by atoms with Crippen LogP contribution in [0.5, 0.6) is 0 Å². The normalized spacial score (nSPS) is 11.8. The molecule has 0 fully saturated rings. The van der Waals surface area contributed by atoms with Crippen molar-refractivity contribution in [3.05, 3.63) is 82.9 Å². The molecule has 1 atom stereocenters. The predicted octanol–water partition coefficient (Wildman–Crippen LogP) is 5.22. The second-order valence-corrected chi connectivity index (χ2v) is 9.62. The van der Waals surface area contributed by atoms with Crippen LogP contribution in [-0.4, -0.2) is 32.3 Å². The van der Waals surface area contributed by atoms with Gasteiger partial charge in [-0.05, 0) is 36.2 Å². The van der Waals surface area contributed by atoms with Crippen LogP contribution in [0.4, 0.5) is 10.1 Å². The van der Waals surface area contributed by atoms with Crippen molar-refractivity contribution in [2.75, 3.05) is 11.1 Å². The number of benzene rings is 2. The lowest BCUT2D eigenvalue weighted by molar-refractivity contribution is -0.113. The maximum atomic E-state index is 14.0. The summed E-state index contributed by atoms with van der Waals surface area (Å²) < 4.78 is 16.4. The highest BCUT2D eigenvalue weighted by Gasteiger charge is 2.26. The van der Waals surface area contributed by atoms with E-state index in [1.54, 1.807) is 36.4 Å². The molecule has 0 bridgehead atoms. The lowest BCUT2D eigenvalue weighted by Gasteiger charge is -2.22. The molecule has 178 valence electrons. The van der Waals surface area contributed by atoms with Gasteiger partial charge in [0.1, 0.15) is 5.82 Å². The number of anilines is 1. The Balaban J connectivity index is 1.74. The van der Waals surface area contributed by atoms with Gasteiger partial charge in [0.25, 0.3) is 5.91 Å². The number of rotatable bonds is 10. The third kappa shape index (κ3) is 6.54. The number of carbonyl (C=O) groups excluding carboxylic acids is 2. The molecule has 0 aliphatic carbocycles. The molecule has 0 aliphatic heterocycles. The van der Waals surface area contributed by atoms with Gasteiger partial charge in [0, 0.05) is 16.6 Å². The zero-order valence-corrected chi connectivity index (χ0v) is 21.2. The van der Waals surface area contributed by atoms with Crippen molar-refractivity contribution < 1.29 is 14.0 Å². The molecule has 0 aliphatic rings. The highest BCUT2D eigenvalue weighted by Crippen LogP contribution is 2.26. The topological polar surface area (TPSA) is 88.9 Å². The van der Waals surface area contributed by atoms with E-state index in [-0.39, 0.29) is 29.2 Å². The SMILES string of the molecule is C=CCn1c(SCC(=O)Nc2ccc(Br)cc2F)nnc1[C@@H](NC(=O)c1ccccc1)C(C)C. The summed E-state index contributed by atoms with van der Waals surface area (Å²) in [5.74, 6) is -0.508. The third-order valence-corrected chi connectivity index (χ3v) is 6.32. The summed E-state index contributed by atoms with van der Waals surface area (Å²) in [6, 6.07) is 13.0. The number of allylic oxidation sites excluding steroid dienone is 1. The van der Waals surface area contributed by atoms with Crippen LogP contribution in [0.3, 0.4) is 0 Å². The van der Waals surface area contributed by atoms with Gasteiger partial charge in [0.15, 0.2) is 11.0 Å². The number of hydrogen-bond donors (Lipinski definition) is 2. The van der Waals surface area contributed by atoms with E-state index >= 15 is 0 Å². The lowest BCUT2D eigenvalue weighted by atomic mass is 10.0. The number of nitrogens with one attached hydrogen (secondary N) is 2. The quantitative estimate of drug-likeness (QED) is 0.269. The van der Waals surface area contributed by atoms with Gasteiger partial charge in [-0.1, -0.05) is 65.8 Å². The molecular weight excluding hydrogens is 521 g/mol. The van der Waals surface area contributed by atoms with Crippen LogP contribution >= 0.6 is 27.7 Å². The second kappa shape index (κ2) is 11.9. The van der Waals surface area contributed by atoms with E-state index in [1.807, 2.05) is 24.5 Å². The number of carbonyl (C=O) groups is 2. The molecule has 0 saturated carbocycles. The van der Waals surface area contributed by atoms with Crippen molar-refractivity contribution in [2.45, 2.75) is 31.6 Å². The molecule has 3 aromatic rings. The van der Waals surface area contributed by atoms with Crippen LogP contribution in [0.2, 0.25) is 0 Å². The van der Waals surface area contributed by atoms with E-state index in [2.05, 4.69) is 43.3 Å². The fourth-order valence-electron chi connectivity index (χ4n) is 3.19. The summed E-state index contributed by atoms with van der Waals surface area (Å²) in [4.78, 5) is 25.2. The molecule has 7 nitrogen and oxygen atoms in total. The largest absolute Gasteiger partial charge is 0.342 e. The molecule has 0 unspecified atom stereocenters. The first-order chi connectivity index (χ1) is 16.3. The van der Waals surface area contributed by atoms with Gasteiger partial charge in [-0.25, -0.2) is 4.39 Å². The Labute approximate surface area is 210 Å². The van der Waals surface area contributed by atoms with Gasteiger partial charge in [-0.15, -0.1) is 16.8 Å². The molecule has 2 aromatic carbocycles. The van der Waals surface area contributed by atoms with E-state index in [4.69, 9.17) is 0 Å². The second-order valence-electron chi connectivity index (χ2n) is 7.76. The lowest BCUT2D eigenvalue weighted by Crippen LogP contribution is -2.33. The Morgan fingerprint density at radius 2 is 1.94 bits per heavy atom. The van der Waals surface area contributed by atoms with Crippen molar-refractivity contribution in [3.8, 4) is 0 Å². The van der Waals surface area contributed by atoms with E-state index in [1.165, 1.54) is 23.9 Å². The monoisotopic (exact) mass is 545 g/mol. The minimum Gasteiger partial charge on any atom is -0.342 e. The Kier molecular flexibility index (Phi) is 9.00. The van der Waals surface area contributed by atoms with E-state index in [0.717, 1.165) is 0 Å². The van der Waals surface area contributed by atoms with Gasteiger partial charge in [0.05, 0.1) is 17.5 Å². The van der Waals surface area contributed by atoms with Crippen molar-refractivity contribution in [2.24, 2.45) is 5.92 Å². The van der Waals surface area contributed by atoms with E-state index < -0.39 is 11.9 Å². The standard InChI is InChI=1S/C24H25BrFN5O2S/c1-4-12-31-22(21(15(2)3)28-23(33)16-8-6-5-7-9-16)29-30-24(31)34-14-20(32)27-19-11-10-17(25)13-18(19)26/h4-11,13,15,21H,1,12,14H2,2-3H3,(H,27,32)(H,28,33)/t21-/m0/s1. The molecule has 1 aromatic heterocycles.